The molecule has 3 rings (SSSR count). The number of methoxy groups -OCH3 is 1. The lowest BCUT2D eigenvalue weighted by molar-refractivity contribution is -0.116. The molecule has 0 atom stereocenters. The van der Waals surface area contributed by atoms with Gasteiger partial charge in [-0.25, -0.2) is 13.4 Å². The van der Waals surface area contributed by atoms with Crippen molar-refractivity contribution >= 4 is 43.7 Å². The van der Waals surface area contributed by atoms with Crippen LogP contribution in [0.2, 0.25) is 0 Å². The predicted molar refractivity (Wildman–Crippen MR) is 107 cm³/mol. The summed E-state index contributed by atoms with van der Waals surface area (Å²) in [5.74, 6) is 0.297. The number of sulfonamides is 1. The Balaban J connectivity index is 1.64. The van der Waals surface area contributed by atoms with Crippen molar-refractivity contribution in [3.8, 4) is 17.0 Å². The average molecular weight is 424 g/mol. The fourth-order valence-electron chi connectivity index (χ4n) is 2.24. The molecule has 0 bridgehead atoms. The van der Waals surface area contributed by atoms with E-state index in [1.165, 1.54) is 24.5 Å². The maximum atomic E-state index is 12.4. The van der Waals surface area contributed by atoms with Gasteiger partial charge in [0, 0.05) is 18.0 Å². The van der Waals surface area contributed by atoms with Crippen molar-refractivity contribution in [2.45, 2.75) is 4.21 Å². The number of hydrogen-bond donors (Lipinski definition) is 1. The summed E-state index contributed by atoms with van der Waals surface area (Å²) >= 11 is 2.39. The molecule has 1 amide bonds. The Morgan fingerprint density at radius 3 is 2.59 bits per heavy atom. The van der Waals surface area contributed by atoms with Gasteiger partial charge < -0.3 is 10.1 Å². The lowest BCUT2D eigenvalue weighted by Gasteiger charge is -2.14. The van der Waals surface area contributed by atoms with Crippen LogP contribution in [0.15, 0.2) is 51.4 Å². The Morgan fingerprint density at radius 2 is 1.96 bits per heavy atom. The minimum Gasteiger partial charge on any atom is -0.497 e. The number of rotatable bonds is 7. The zero-order chi connectivity index (χ0) is 19.4. The van der Waals surface area contributed by atoms with E-state index in [-0.39, 0.29) is 10.8 Å². The average Bonchev–Trinajstić information content (AvgIpc) is 3.34. The maximum absolute atomic E-state index is 12.4. The van der Waals surface area contributed by atoms with Crippen molar-refractivity contribution in [2.75, 3.05) is 26.0 Å². The molecule has 10 heteroatoms. The van der Waals surface area contributed by atoms with E-state index in [9.17, 15) is 13.2 Å². The van der Waals surface area contributed by atoms with Crippen LogP contribution in [0.4, 0.5) is 5.13 Å². The van der Waals surface area contributed by atoms with Crippen LogP contribution in [-0.4, -0.2) is 44.3 Å². The molecule has 0 aliphatic carbocycles. The highest BCUT2D eigenvalue weighted by Gasteiger charge is 2.24. The molecule has 2 aromatic heterocycles. The van der Waals surface area contributed by atoms with Crippen molar-refractivity contribution in [3.05, 3.63) is 47.2 Å². The number of carbonyl (C=O) groups excluding carboxylic acids is 1. The summed E-state index contributed by atoms with van der Waals surface area (Å²) < 4.78 is 31.1. The first-order valence-corrected chi connectivity index (χ1v) is 11.0. The van der Waals surface area contributed by atoms with E-state index in [0.717, 1.165) is 32.6 Å². The molecule has 142 valence electrons. The third-order valence-electron chi connectivity index (χ3n) is 3.66. The van der Waals surface area contributed by atoms with Crippen LogP contribution in [0.5, 0.6) is 5.75 Å². The number of benzene rings is 1. The van der Waals surface area contributed by atoms with Crippen molar-refractivity contribution in [2.24, 2.45) is 0 Å². The Bertz CT molecular complexity index is 1010. The normalized spacial score (nSPS) is 11.5. The summed E-state index contributed by atoms with van der Waals surface area (Å²) in [7, 11) is -0.693. The first-order valence-electron chi connectivity index (χ1n) is 7.80. The highest BCUT2D eigenvalue weighted by atomic mass is 32.2. The van der Waals surface area contributed by atoms with E-state index in [1.54, 1.807) is 18.6 Å². The quantitative estimate of drug-likeness (QED) is 0.631. The highest BCUT2D eigenvalue weighted by molar-refractivity contribution is 7.91. The third kappa shape index (κ3) is 4.53. The summed E-state index contributed by atoms with van der Waals surface area (Å²) in [6, 6.07) is 10.6. The number of hydrogen-bond acceptors (Lipinski definition) is 7. The summed E-state index contributed by atoms with van der Waals surface area (Å²) in [6.07, 6.45) is 0. The van der Waals surface area contributed by atoms with E-state index < -0.39 is 15.9 Å². The largest absolute Gasteiger partial charge is 0.497 e. The number of nitrogens with zero attached hydrogens (tertiary/aromatic N) is 2. The van der Waals surface area contributed by atoms with Gasteiger partial charge in [0.15, 0.2) is 5.13 Å². The Kier molecular flexibility index (Phi) is 5.90. The van der Waals surface area contributed by atoms with Gasteiger partial charge in [-0.3, -0.25) is 4.79 Å². The topological polar surface area (TPSA) is 88.6 Å². The molecule has 2 heterocycles. The lowest BCUT2D eigenvalue weighted by Crippen LogP contribution is -2.34. The first-order chi connectivity index (χ1) is 12.9. The van der Waals surface area contributed by atoms with E-state index in [0.29, 0.717) is 5.13 Å². The standard InChI is InChI=1S/C17H17N3O4S3/c1-20(27(22,23)16-4-3-9-25-16)10-15(21)19-17-18-14(11-26-17)12-5-7-13(24-2)8-6-12/h3-9,11H,10H2,1-2H3,(H,18,19,21). The molecule has 0 unspecified atom stereocenters. The molecule has 1 N–H and O–H groups in total. The van der Waals surface area contributed by atoms with Crippen LogP contribution in [-0.2, 0) is 14.8 Å². The van der Waals surface area contributed by atoms with Gasteiger partial charge in [0.05, 0.1) is 19.3 Å². The van der Waals surface area contributed by atoms with Crippen LogP contribution in [0.3, 0.4) is 0 Å². The first kappa shape index (κ1) is 19.5. The van der Waals surface area contributed by atoms with Gasteiger partial charge in [-0.05, 0) is 35.7 Å². The predicted octanol–water partition coefficient (Wildman–Crippen LogP) is 3.14. The Hall–Kier alpha value is -2.27. The van der Waals surface area contributed by atoms with E-state index in [2.05, 4.69) is 10.3 Å². The zero-order valence-corrected chi connectivity index (χ0v) is 17.0. The molecule has 0 aliphatic heterocycles. The van der Waals surface area contributed by atoms with Gasteiger partial charge in [0.25, 0.3) is 10.0 Å². The molecule has 0 saturated carbocycles. The summed E-state index contributed by atoms with van der Waals surface area (Å²) in [6.45, 7) is -0.294. The minimum absolute atomic E-state index is 0.203. The Morgan fingerprint density at radius 1 is 1.22 bits per heavy atom. The van der Waals surface area contributed by atoms with Crippen molar-refractivity contribution in [1.82, 2.24) is 9.29 Å². The molecule has 0 fully saturated rings. The van der Waals surface area contributed by atoms with Gasteiger partial charge in [-0.2, -0.15) is 4.31 Å². The number of ether oxygens (including phenoxy) is 1. The van der Waals surface area contributed by atoms with Crippen LogP contribution in [0.25, 0.3) is 11.3 Å². The molecular weight excluding hydrogens is 406 g/mol. The number of aromatic nitrogens is 1. The van der Waals surface area contributed by atoms with Crippen LogP contribution >= 0.6 is 22.7 Å². The van der Waals surface area contributed by atoms with Gasteiger partial charge in [-0.15, -0.1) is 22.7 Å². The number of nitrogens with one attached hydrogen (secondary N) is 1. The van der Waals surface area contributed by atoms with Gasteiger partial charge >= 0.3 is 0 Å². The molecule has 0 saturated heterocycles. The second-order valence-corrected chi connectivity index (χ2v) is 9.59. The molecule has 0 aliphatic rings. The highest BCUT2D eigenvalue weighted by Crippen LogP contribution is 2.26. The molecular formula is C17H17N3O4S3. The summed E-state index contributed by atoms with van der Waals surface area (Å²) in [5.41, 5.74) is 1.61. The molecule has 0 radical (unpaired) electrons. The zero-order valence-electron chi connectivity index (χ0n) is 14.6. The number of anilines is 1. The number of amides is 1. The second-order valence-electron chi connectivity index (χ2n) is 5.51. The number of thiophene rings is 1. The SMILES string of the molecule is COc1ccc(-c2csc(NC(=O)CN(C)S(=O)(=O)c3cccs3)n2)cc1. The fraction of sp³-hybridized carbons (Fsp3) is 0.176. The summed E-state index contributed by atoms with van der Waals surface area (Å²) in [5, 5.41) is 6.55. The van der Waals surface area contributed by atoms with Gasteiger partial charge in [0.2, 0.25) is 5.91 Å². The van der Waals surface area contributed by atoms with E-state index in [4.69, 9.17) is 4.74 Å². The molecule has 27 heavy (non-hydrogen) atoms. The summed E-state index contributed by atoms with van der Waals surface area (Å²) in [4.78, 5) is 16.6. The van der Waals surface area contributed by atoms with E-state index in [1.807, 2.05) is 29.6 Å². The van der Waals surface area contributed by atoms with Crippen LogP contribution in [0, 0.1) is 0 Å². The van der Waals surface area contributed by atoms with Gasteiger partial charge in [-0.1, -0.05) is 6.07 Å². The third-order valence-corrected chi connectivity index (χ3v) is 7.60. The van der Waals surface area contributed by atoms with E-state index >= 15 is 0 Å². The number of carbonyl (C=O) groups is 1. The van der Waals surface area contributed by atoms with Crippen LogP contribution < -0.4 is 10.1 Å². The molecule has 3 aromatic rings. The fourth-order valence-corrected chi connectivity index (χ4v) is 5.30. The second kappa shape index (κ2) is 8.17. The minimum atomic E-state index is -3.67. The monoisotopic (exact) mass is 423 g/mol. The molecule has 1 aromatic carbocycles. The molecule has 7 nitrogen and oxygen atoms in total. The van der Waals surface area contributed by atoms with Crippen molar-refractivity contribution in [1.29, 1.82) is 0 Å². The van der Waals surface area contributed by atoms with Crippen molar-refractivity contribution in [3.63, 3.8) is 0 Å². The maximum Gasteiger partial charge on any atom is 0.252 e. The number of thiazole rings is 1. The smallest absolute Gasteiger partial charge is 0.252 e. The number of likely N-dealkylation sites (N-methyl/N-ethyl adjacent to an activating group) is 1. The lowest BCUT2D eigenvalue weighted by atomic mass is 10.2. The van der Waals surface area contributed by atoms with Gasteiger partial charge in [0.1, 0.15) is 9.96 Å². The Labute approximate surface area is 165 Å². The molecule has 0 spiro atoms. The van der Waals surface area contributed by atoms with Crippen LogP contribution in [0.1, 0.15) is 0 Å². The van der Waals surface area contributed by atoms with Crippen molar-refractivity contribution < 1.29 is 17.9 Å².